The van der Waals surface area contributed by atoms with Gasteiger partial charge in [-0.1, -0.05) is 13.8 Å². The lowest BCUT2D eigenvalue weighted by atomic mass is 10.1. The minimum atomic E-state index is -0.492. The normalized spacial score (nSPS) is 9.83. The van der Waals surface area contributed by atoms with E-state index in [0.29, 0.717) is 5.75 Å². The third-order valence-corrected chi connectivity index (χ3v) is 3.82. The molecule has 0 amide bonds. The highest BCUT2D eigenvalue weighted by atomic mass is 32.1. The zero-order valence-electron chi connectivity index (χ0n) is 16.6. The van der Waals surface area contributed by atoms with Crippen molar-refractivity contribution in [2.45, 2.75) is 25.3 Å². The molecule has 152 valence electrons. The Kier molecular flexibility index (Phi) is 9.07. The first-order valence-electron chi connectivity index (χ1n) is 9.14. The summed E-state index contributed by atoms with van der Waals surface area (Å²) in [5.41, 5.74) is 2.15. The van der Waals surface area contributed by atoms with Crippen molar-refractivity contribution in [2.24, 2.45) is 0 Å². The molecule has 3 heterocycles. The first-order valence-corrected chi connectivity index (χ1v) is 9.59. The number of H-pyrrole nitrogens is 1. The van der Waals surface area contributed by atoms with Crippen LogP contribution in [-0.4, -0.2) is 27.0 Å². The number of nitrogens with zero attached hydrogens (tertiary/aromatic N) is 3. The highest BCUT2D eigenvalue weighted by Crippen LogP contribution is 2.25. The summed E-state index contributed by atoms with van der Waals surface area (Å²) in [6.45, 7) is 4.79. The van der Waals surface area contributed by atoms with Crippen LogP contribution in [0.2, 0.25) is 0 Å². The van der Waals surface area contributed by atoms with Gasteiger partial charge in [-0.05, 0) is 36.9 Å². The predicted molar refractivity (Wildman–Crippen MR) is 116 cm³/mol. The standard InChI is InChI=1S/C14H13FN4O.C5H5NS.C2H6/c1-16-5-9-6-17-13-4-11(2-3-12(9)13)20-14-18-7-10(15)8-19-14;7-5-2-1-3-6-4-5;1-2/h2-4,6-8,16-17H,5H2,1H3;1-4,7H;1-2H3. The van der Waals surface area contributed by atoms with Crippen molar-refractivity contribution >= 4 is 23.5 Å². The highest BCUT2D eigenvalue weighted by molar-refractivity contribution is 7.80. The maximum Gasteiger partial charge on any atom is 0.322 e. The number of fused-ring (bicyclic) bond motifs is 1. The first kappa shape index (κ1) is 22.3. The second kappa shape index (κ2) is 11.8. The molecule has 0 bridgehead atoms. The summed E-state index contributed by atoms with van der Waals surface area (Å²) in [4.78, 5) is 15.4. The molecule has 0 spiro atoms. The number of benzene rings is 1. The summed E-state index contributed by atoms with van der Waals surface area (Å²) >= 11 is 4.02. The van der Waals surface area contributed by atoms with Crippen molar-refractivity contribution in [3.05, 3.63) is 72.7 Å². The van der Waals surface area contributed by atoms with Gasteiger partial charge in [0.25, 0.3) is 0 Å². The van der Waals surface area contributed by atoms with Gasteiger partial charge in [-0.15, -0.1) is 12.6 Å². The van der Waals surface area contributed by atoms with Crippen LogP contribution >= 0.6 is 12.6 Å². The van der Waals surface area contributed by atoms with Crippen LogP contribution in [0.3, 0.4) is 0 Å². The third-order valence-electron chi connectivity index (χ3n) is 3.56. The molecule has 8 heteroatoms. The van der Waals surface area contributed by atoms with Gasteiger partial charge in [-0.25, -0.2) is 14.4 Å². The van der Waals surface area contributed by atoms with Crippen LogP contribution in [0.4, 0.5) is 4.39 Å². The van der Waals surface area contributed by atoms with Crippen LogP contribution in [-0.2, 0) is 6.54 Å². The minimum Gasteiger partial charge on any atom is -0.424 e. The van der Waals surface area contributed by atoms with Crippen LogP contribution in [0.5, 0.6) is 11.8 Å². The number of pyridine rings is 1. The van der Waals surface area contributed by atoms with Crippen LogP contribution in [0.15, 0.2) is 66.2 Å². The van der Waals surface area contributed by atoms with E-state index in [1.54, 1.807) is 12.4 Å². The summed E-state index contributed by atoms with van der Waals surface area (Å²) < 4.78 is 18.2. The zero-order chi connectivity index (χ0) is 21.1. The van der Waals surface area contributed by atoms with E-state index >= 15 is 0 Å². The quantitative estimate of drug-likeness (QED) is 0.410. The van der Waals surface area contributed by atoms with Gasteiger partial charge in [-0.2, -0.15) is 0 Å². The number of ether oxygens (including phenoxy) is 1. The Balaban J connectivity index is 0.000000280. The molecule has 0 fully saturated rings. The number of aromatic nitrogens is 4. The number of thiol groups is 1. The summed E-state index contributed by atoms with van der Waals surface area (Å²) in [6, 6.07) is 9.52. The van der Waals surface area contributed by atoms with Gasteiger partial charge in [0.2, 0.25) is 0 Å². The molecule has 0 aliphatic rings. The fraction of sp³-hybridized carbons (Fsp3) is 0.190. The zero-order valence-corrected chi connectivity index (χ0v) is 17.5. The summed E-state index contributed by atoms with van der Waals surface area (Å²) in [5, 5.41) is 4.25. The number of halogens is 1. The Labute approximate surface area is 175 Å². The maximum atomic E-state index is 12.7. The molecule has 0 aliphatic carbocycles. The van der Waals surface area contributed by atoms with E-state index < -0.39 is 5.82 Å². The molecule has 0 saturated carbocycles. The maximum absolute atomic E-state index is 12.7. The van der Waals surface area contributed by atoms with Crippen molar-refractivity contribution in [3.8, 4) is 11.8 Å². The molecule has 6 nitrogen and oxygen atoms in total. The van der Waals surface area contributed by atoms with E-state index in [-0.39, 0.29) is 6.01 Å². The molecule has 0 atom stereocenters. The molecule has 29 heavy (non-hydrogen) atoms. The topological polar surface area (TPSA) is 75.7 Å². The Hall–Kier alpha value is -2.97. The van der Waals surface area contributed by atoms with Crippen LogP contribution < -0.4 is 10.1 Å². The predicted octanol–water partition coefficient (Wildman–Crippen LogP) is 5.01. The van der Waals surface area contributed by atoms with Crippen LogP contribution in [0.25, 0.3) is 10.9 Å². The molecular weight excluding hydrogens is 389 g/mol. The van der Waals surface area contributed by atoms with Gasteiger partial charge in [0, 0.05) is 47.0 Å². The van der Waals surface area contributed by atoms with Crippen molar-refractivity contribution in [3.63, 3.8) is 0 Å². The van der Waals surface area contributed by atoms with Crippen LogP contribution in [0.1, 0.15) is 19.4 Å². The Morgan fingerprint density at radius 2 is 1.90 bits per heavy atom. The number of rotatable bonds is 4. The van der Waals surface area contributed by atoms with E-state index in [0.717, 1.165) is 34.7 Å². The van der Waals surface area contributed by atoms with Crippen molar-refractivity contribution < 1.29 is 9.13 Å². The van der Waals surface area contributed by atoms with E-state index in [2.05, 4.69) is 37.9 Å². The molecule has 0 unspecified atom stereocenters. The monoisotopic (exact) mass is 413 g/mol. The number of nitrogens with one attached hydrogen (secondary N) is 2. The third kappa shape index (κ3) is 6.85. The summed E-state index contributed by atoms with van der Waals surface area (Å²) in [6.07, 6.45) is 7.52. The Morgan fingerprint density at radius 3 is 2.48 bits per heavy atom. The second-order valence-electron chi connectivity index (χ2n) is 5.55. The van der Waals surface area contributed by atoms with Gasteiger partial charge in [-0.3, -0.25) is 4.98 Å². The summed E-state index contributed by atoms with van der Waals surface area (Å²) in [7, 11) is 1.90. The molecule has 0 saturated heterocycles. The molecule has 0 radical (unpaired) electrons. The smallest absolute Gasteiger partial charge is 0.322 e. The first-order chi connectivity index (χ1) is 14.2. The Bertz CT molecular complexity index is 993. The molecular formula is C21H24FN5OS. The van der Waals surface area contributed by atoms with E-state index in [4.69, 9.17) is 4.74 Å². The lowest BCUT2D eigenvalue weighted by Gasteiger charge is -2.04. The lowest BCUT2D eigenvalue weighted by molar-refractivity contribution is 0.436. The number of hydrogen-bond donors (Lipinski definition) is 3. The lowest BCUT2D eigenvalue weighted by Crippen LogP contribution is -2.03. The van der Waals surface area contributed by atoms with Crippen molar-refractivity contribution in [1.29, 1.82) is 0 Å². The second-order valence-corrected chi connectivity index (χ2v) is 6.07. The van der Waals surface area contributed by atoms with E-state index in [1.165, 1.54) is 5.56 Å². The van der Waals surface area contributed by atoms with Gasteiger partial charge >= 0.3 is 6.01 Å². The largest absolute Gasteiger partial charge is 0.424 e. The molecule has 1 aromatic carbocycles. The average molecular weight is 414 g/mol. The minimum absolute atomic E-state index is 0.118. The molecule has 4 rings (SSSR count). The fourth-order valence-corrected chi connectivity index (χ4v) is 2.53. The van der Waals surface area contributed by atoms with Gasteiger partial charge in [0.15, 0.2) is 5.82 Å². The van der Waals surface area contributed by atoms with E-state index in [1.807, 2.05) is 57.4 Å². The van der Waals surface area contributed by atoms with Crippen molar-refractivity contribution in [2.75, 3.05) is 7.05 Å². The summed E-state index contributed by atoms with van der Waals surface area (Å²) in [5.74, 6) is 0.107. The van der Waals surface area contributed by atoms with Gasteiger partial charge in [0.1, 0.15) is 5.75 Å². The van der Waals surface area contributed by atoms with Gasteiger partial charge < -0.3 is 15.0 Å². The Morgan fingerprint density at radius 1 is 1.14 bits per heavy atom. The number of hydrogen-bond acceptors (Lipinski definition) is 6. The van der Waals surface area contributed by atoms with Gasteiger partial charge in [0.05, 0.1) is 12.4 Å². The van der Waals surface area contributed by atoms with E-state index in [9.17, 15) is 4.39 Å². The molecule has 3 aromatic heterocycles. The van der Waals surface area contributed by atoms with Crippen molar-refractivity contribution in [1.82, 2.24) is 25.3 Å². The molecule has 2 N–H and O–H groups in total. The SMILES string of the molecule is CC.CNCc1c[nH]c2cc(Oc3ncc(F)cn3)ccc12.Sc1cccnc1. The fourth-order valence-electron chi connectivity index (χ4n) is 2.38. The average Bonchev–Trinajstić information content (AvgIpc) is 3.15. The number of aromatic amines is 1. The molecule has 4 aromatic rings. The molecule has 0 aliphatic heterocycles. The highest BCUT2D eigenvalue weighted by Gasteiger charge is 2.06. The van der Waals surface area contributed by atoms with Crippen LogP contribution in [0, 0.1) is 5.82 Å².